The quantitative estimate of drug-likeness (QED) is 0.750. The second kappa shape index (κ2) is 9.78. The summed E-state index contributed by atoms with van der Waals surface area (Å²) in [5.41, 5.74) is 1.39. The number of hydrogen-bond donors (Lipinski definition) is 3. The lowest BCUT2D eigenvalue weighted by Gasteiger charge is -2.22. The average Bonchev–Trinajstić information content (AvgIpc) is 3.09. The molecule has 1 aromatic carbocycles. The van der Waals surface area contributed by atoms with Crippen molar-refractivity contribution in [2.45, 2.75) is 63.5 Å². The minimum absolute atomic E-state index is 0. The van der Waals surface area contributed by atoms with Crippen LogP contribution in [0.5, 0.6) is 0 Å². The van der Waals surface area contributed by atoms with Crippen LogP contribution in [-0.4, -0.2) is 30.4 Å². The monoisotopic (exact) mass is 365 g/mol. The predicted octanol–water partition coefficient (Wildman–Crippen LogP) is 3.25. The first-order chi connectivity index (χ1) is 11.7. The summed E-state index contributed by atoms with van der Waals surface area (Å²) in [6.07, 6.45) is 8.54. The molecule has 1 saturated carbocycles. The molecular formula is C19H28ClN3O2. The molecule has 6 heteroatoms. The van der Waals surface area contributed by atoms with Crippen molar-refractivity contribution >= 4 is 29.9 Å². The Hall–Kier alpha value is -1.59. The van der Waals surface area contributed by atoms with E-state index in [1.165, 1.54) is 19.3 Å². The maximum absolute atomic E-state index is 12.3. The molecule has 1 aliphatic carbocycles. The second-order valence-corrected chi connectivity index (χ2v) is 6.93. The van der Waals surface area contributed by atoms with E-state index in [1.54, 1.807) is 24.3 Å². The van der Waals surface area contributed by atoms with Gasteiger partial charge in [0.05, 0.1) is 0 Å². The van der Waals surface area contributed by atoms with Gasteiger partial charge in [0.2, 0.25) is 5.91 Å². The van der Waals surface area contributed by atoms with Crippen molar-refractivity contribution in [2.75, 3.05) is 11.9 Å². The maximum Gasteiger partial charge on any atom is 0.251 e. The third-order valence-electron chi connectivity index (χ3n) is 4.97. The first-order valence-corrected chi connectivity index (χ1v) is 9.15. The molecular weight excluding hydrogens is 338 g/mol. The van der Waals surface area contributed by atoms with Crippen LogP contribution in [0.1, 0.15) is 61.7 Å². The number of hydrogen-bond acceptors (Lipinski definition) is 3. The molecule has 0 aromatic heterocycles. The molecule has 0 radical (unpaired) electrons. The summed E-state index contributed by atoms with van der Waals surface area (Å²) in [4.78, 5) is 24.3. The first kappa shape index (κ1) is 19.7. The average molecular weight is 366 g/mol. The number of halogens is 1. The zero-order valence-corrected chi connectivity index (χ0v) is 15.4. The SMILES string of the molecule is Cl.O=C(CC1CCCN1)Nc1ccc(C(=O)NC2CCCCC2)cc1. The minimum Gasteiger partial charge on any atom is -0.349 e. The van der Waals surface area contributed by atoms with Crippen LogP contribution < -0.4 is 16.0 Å². The van der Waals surface area contributed by atoms with E-state index in [-0.39, 0.29) is 24.2 Å². The number of nitrogens with one attached hydrogen (secondary N) is 3. The van der Waals surface area contributed by atoms with Crippen LogP contribution >= 0.6 is 12.4 Å². The molecule has 1 aliphatic heterocycles. The van der Waals surface area contributed by atoms with Crippen molar-refractivity contribution in [3.63, 3.8) is 0 Å². The molecule has 2 amide bonds. The van der Waals surface area contributed by atoms with Crippen molar-refractivity contribution in [3.8, 4) is 0 Å². The largest absolute Gasteiger partial charge is 0.349 e. The van der Waals surface area contributed by atoms with Crippen molar-refractivity contribution in [3.05, 3.63) is 29.8 Å². The van der Waals surface area contributed by atoms with Gasteiger partial charge in [-0.25, -0.2) is 0 Å². The molecule has 2 aliphatic rings. The van der Waals surface area contributed by atoms with E-state index in [0.29, 0.717) is 24.1 Å². The predicted molar refractivity (Wildman–Crippen MR) is 102 cm³/mol. The Morgan fingerprint density at radius 1 is 1.00 bits per heavy atom. The van der Waals surface area contributed by atoms with E-state index in [4.69, 9.17) is 0 Å². The molecule has 5 nitrogen and oxygen atoms in total. The molecule has 1 saturated heterocycles. The Balaban J connectivity index is 0.00000225. The van der Waals surface area contributed by atoms with Crippen LogP contribution in [0.2, 0.25) is 0 Å². The Morgan fingerprint density at radius 2 is 1.72 bits per heavy atom. The Bertz CT molecular complexity index is 565. The highest BCUT2D eigenvalue weighted by Gasteiger charge is 2.18. The van der Waals surface area contributed by atoms with Gasteiger partial charge in [0.1, 0.15) is 0 Å². The van der Waals surface area contributed by atoms with Crippen LogP contribution in [0.25, 0.3) is 0 Å². The molecule has 1 aromatic rings. The molecule has 3 N–H and O–H groups in total. The van der Waals surface area contributed by atoms with Gasteiger partial charge in [-0.1, -0.05) is 19.3 Å². The standard InChI is InChI=1S/C19H27N3O2.ClH/c23-18(13-17-7-4-12-20-17)21-16-10-8-14(9-11-16)19(24)22-15-5-2-1-3-6-15;/h8-11,15,17,20H,1-7,12-13H2,(H,21,23)(H,22,24);1H. The molecule has 2 fully saturated rings. The Kier molecular flexibility index (Phi) is 7.72. The van der Waals surface area contributed by atoms with Crippen LogP contribution in [0, 0.1) is 0 Å². The van der Waals surface area contributed by atoms with Gasteiger partial charge in [-0.3, -0.25) is 9.59 Å². The van der Waals surface area contributed by atoms with E-state index >= 15 is 0 Å². The van der Waals surface area contributed by atoms with Gasteiger partial charge in [-0.2, -0.15) is 0 Å². The number of carbonyl (C=O) groups excluding carboxylic acids is 2. The number of rotatable bonds is 5. The van der Waals surface area contributed by atoms with Crippen molar-refractivity contribution in [1.29, 1.82) is 0 Å². The molecule has 25 heavy (non-hydrogen) atoms. The number of benzene rings is 1. The first-order valence-electron chi connectivity index (χ1n) is 9.15. The fraction of sp³-hybridized carbons (Fsp3) is 0.579. The van der Waals surface area contributed by atoms with Gasteiger partial charge in [0.15, 0.2) is 0 Å². The van der Waals surface area contributed by atoms with Gasteiger partial charge in [-0.15, -0.1) is 12.4 Å². The van der Waals surface area contributed by atoms with Gasteiger partial charge in [0, 0.05) is 29.8 Å². The van der Waals surface area contributed by atoms with Gasteiger partial charge >= 0.3 is 0 Å². The molecule has 0 spiro atoms. The zero-order chi connectivity index (χ0) is 16.8. The highest BCUT2D eigenvalue weighted by Crippen LogP contribution is 2.18. The van der Waals surface area contributed by atoms with E-state index in [2.05, 4.69) is 16.0 Å². The summed E-state index contributed by atoms with van der Waals surface area (Å²) in [6.45, 7) is 1.00. The lowest BCUT2D eigenvalue weighted by atomic mass is 9.95. The minimum atomic E-state index is -0.0186. The van der Waals surface area contributed by atoms with Crippen molar-refractivity contribution in [1.82, 2.24) is 10.6 Å². The van der Waals surface area contributed by atoms with Crippen molar-refractivity contribution < 1.29 is 9.59 Å². The maximum atomic E-state index is 12.3. The topological polar surface area (TPSA) is 70.2 Å². The van der Waals surface area contributed by atoms with Gasteiger partial charge < -0.3 is 16.0 Å². The normalized spacial score (nSPS) is 20.6. The smallest absolute Gasteiger partial charge is 0.251 e. The third-order valence-corrected chi connectivity index (χ3v) is 4.97. The zero-order valence-electron chi connectivity index (χ0n) is 14.6. The second-order valence-electron chi connectivity index (χ2n) is 6.93. The summed E-state index contributed by atoms with van der Waals surface area (Å²) >= 11 is 0. The summed E-state index contributed by atoms with van der Waals surface area (Å²) < 4.78 is 0. The fourth-order valence-electron chi connectivity index (χ4n) is 3.59. The van der Waals surface area contributed by atoms with E-state index in [0.717, 1.165) is 37.9 Å². The summed E-state index contributed by atoms with van der Waals surface area (Å²) in [5, 5.41) is 9.34. The van der Waals surface area contributed by atoms with Crippen LogP contribution in [0.3, 0.4) is 0 Å². The molecule has 1 atom stereocenters. The molecule has 138 valence electrons. The molecule has 0 bridgehead atoms. The number of amides is 2. The molecule has 1 heterocycles. The van der Waals surface area contributed by atoms with E-state index < -0.39 is 0 Å². The van der Waals surface area contributed by atoms with E-state index in [9.17, 15) is 9.59 Å². The van der Waals surface area contributed by atoms with Crippen LogP contribution in [0.4, 0.5) is 5.69 Å². The lowest BCUT2D eigenvalue weighted by molar-refractivity contribution is -0.116. The third kappa shape index (κ3) is 6.01. The van der Waals surface area contributed by atoms with Crippen molar-refractivity contribution in [2.24, 2.45) is 0 Å². The lowest BCUT2D eigenvalue weighted by Crippen LogP contribution is -2.36. The summed E-state index contributed by atoms with van der Waals surface area (Å²) in [7, 11) is 0. The van der Waals surface area contributed by atoms with Crippen LogP contribution in [-0.2, 0) is 4.79 Å². The summed E-state index contributed by atoms with van der Waals surface area (Å²) in [6, 6.07) is 7.77. The molecule has 3 rings (SSSR count). The highest BCUT2D eigenvalue weighted by atomic mass is 35.5. The van der Waals surface area contributed by atoms with E-state index in [1.807, 2.05) is 0 Å². The van der Waals surface area contributed by atoms with Crippen LogP contribution in [0.15, 0.2) is 24.3 Å². The Labute approximate surface area is 155 Å². The van der Waals surface area contributed by atoms with Gasteiger partial charge in [-0.05, 0) is 56.5 Å². The highest BCUT2D eigenvalue weighted by molar-refractivity contribution is 5.96. The Morgan fingerprint density at radius 3 is 2.36 bits per heavy atom. The molecule has 1 unspecified atom stereocenters. The number of anilines is 1. The fourth-order valence-corrected chi connectivity index (χ4v) is 3.59. The number of carbonyl (C=O) groups is 2. The summed E-state index contributed by atoms with van der Waals surface area (Å²) in [5.74, 6) is 0.00346. The van der Waals surface area contributed by atoms with Gasteiger partial charge in [0.25, 0.3) is 5.91 Å².